The van der Waals surface area contributed by atoms with Crippen molar-refractivity contribution in [1.82, 2.24) is 0 Å². The number of rotatable bonds is 4. The van der Waals surface area contributed by atoms with Gasteiger partial charge >= 0.3 is 0 Å². The smallest absolute Gasteiger partial charge is 0.0132 e. The molecule has 1 aromatic carbocycles. The van der Waals surface area contributed by atoms with Crippen LogP contribution in [0.2, 0.25) is 0 Å². The summed E-state index contributed by atoms with van der Waals surface area (Å²) in [6.07, 6.45) is 3.59. The van der Waals surface area contributed by atoms with Crippen LogP contribution in [0.5, 0.6) is 0 Å². The topological polar surface area (TPSA) is 0 Å². The molecule has 0 aromatic heterocycles. The summed E-state index contributed by atoms with van der Waals surface area (Å²) in [7, 11) is 0. The van der Waals surface area contributed by atoms with Crippen LogP contribution < -0.4 is 0 Å². The lowest BCUT2D eigenvalue weighted by atomic mass is 9.86. The lowest BCUT2D eigenvalue weighted by Gasteiger charge is -2.19. The van der Waals surface area contributed by atoms with Crippen LogP contribution in [0.1, 0.15) is 58.1 Å². The van der Waals surface area contributed by atoms with Gasteiger partial charge in [0.1, 0.15) is 0 Å². The van der Waals surface area contributed by atoms with Gasteiger partial charge in [0.05, 0.1) is 0 Å². The Morgan fingerprint density at radius 3 is 2.12 bits per heavy atom. The monoisotopic (exact) mass is 216 g/mol. The molecule has 0 heteroatoms. The molecule has 0 heterocycles. The molecule has 0 atom stereocenters. The van der Waals surface area contributed by atoms with Gasteiger partial charge < -0.3 is 0 Å². The molecule has 16 heavy (non-hydrogen) atoms. The zero-order valence-electron chi connectivity index (χ0n) is 11.1. The Morgan fingerprint density at radius 1 is 1.12 bits per heavy atom. The lowest BCUT2D eigenvalue weighted by Crippen LogP contribution is -2.10. The first-order valence-corrected chi connectivity index (χ1v) is 6.24. The molecule has 88 valence electrons. The number of benzene rings is 1. The van der Waals surface area contributed by atoms with Crippen LogP contribution in [0.4, 0.5) is 0 Å². The maximum atomic E-state index is 4.15. The fourth-order valence-corrected chi connectivity index (χ4v) is 1.74. The van der Waals surface area contributed by atoms with Crippen LogP contribution in [-0.2, 0) is 5.41 Å². The van der Waals surface area contributed by atoms with Gasteiger partial charge in [-0.15, -0.1) is 0 Å². The zero-order valence-corrected chi connectivity index (χ0v) is 11.1. The fraction of sp³-hybridized carbons (Fsp3) is 0.500. The number of hydrogen-bond acceptors (Lipinski definition) is 0. The average molecular weight is 216 g/mol. The molecule has 1 aromatic rings. The predicted molar refractivity (Wildman–Crippen MR) is 73.7 cm³/mol. The zero-order chi connectivity index (χ0) is 12.2. The molecule has 0 saturated heterocycles. The van der Waals surface area contributed by atoms with Crippen molar-refractivity contribution in [3.8, 4) is 0 Å². The molecular formula is C16H24. The van der Waals surface area contributed by atoms with Crippen molar-refractivity contribution >= 4 is 5.57 Å². The average Bonchev–Trinajstić information content (AvgIpc) is 2.25. The van der Waals surface area contributed by atoms with E-state index in [1.165, 1.54) is 29.5 Å². The van der Waals surface area contributed by atoms with Gasteiger partial charge in [0.2, 0.25) is 0 Å². The Hall–Kier alpha value is -1.04. The van der Waals surface area contributed by atoms with Gasteiger partial charge in [-0.25, -0.2) is 0 Å². The highest BCUT2D eigenvalue weighted by atomic mass is 14.2. The van der Waals surface area contributed by atoms with E-state index in [1.54, 1.807) is 0 Å². The fourth-order valence-electron chi connectivity index (χ4n) is 1.74. The van der Waals surface area contributed by atoms with Crippen molar-refractivity contribution < 1.29 is 0 Å². The van der Waals surface area contributed by atoms with Gasteiger partial charge in [0, 0.05) is 0 Å². The van der Waals surface area contributed by atoms with E-state index in [9.17, 15) is 0 Å². The van der Waals surface area contributed by atoms with E-state index in [0.717, 1.165) is 6.42 Å². The maximum Gasteiger partial charge on any atom is -0.0132 e. The van der Waals surface area contributed by atoms with Gasteiger partial charge in [0.15, 0.2) is 0 Å². The van der Waals surface area contributed by atoms with Gasteiger partial charge in [-0.2, -0.15) is 0 Å². The van der Waals surface area contributed by atoms with E-state index in [-0.39, 0.29) is 5.41 Å². The molecule has 0 radical (unpaired) electrons. The summed E-state index contributed by atoms with van der Waals surface area (Å²) in [5, 5.41) is 0. The molecule has 0 aliphatic rings. The van der Waals surface area contributed by atoms with Crippen LogP contribution in [0, 0.1) is 0 Å². The first kappa shape index (κ1) is 13.0. The van der Waals surface area contributed by atoms with Gasteiger partial charge in [-0.1, -0.05) is 65.0 Å². The Labute approximate surface area is 100 Å². The SMILES string of the molecule is C=C(CCCC)c1ccc(C(C)(C)C)cc1. The van der Waals surface area contributed by atoms with Gasteiger partial charge in [-0.3, -0.25) is 0 Å². The number of hydrogen-bond donors (Lipinski definition) is 0. The van der Waals surface area contributed by atoms with Crippen molar-refractivity contribution in [2.75, 3.05) is 0 Å². The molecule has 0 aliphatic heterocycles. The number of unbranched alkanes of at least 4 members (excludes halogenated alkanes) is 1. The molecule has 0 spiro atoms. The summed E-state index contributed by atoms with van der Waals surface area (Å²) < 4.78 is 0. The first-order chi connectivity index (χ1) is 7.45. The standard InChI is InChI=1S/C16H24/c1-6-7-8-13(2)14-9-11-15(12-10-14)16(3,4)5/h9-12H,2,6-8H2,1,3-5H3. The predicted octanol–water partition coefficient (Wildman–Crippen LogP) is 5.19. The second kappa shape index (κ2) is 5.34. The van der Waals surface area contributed by atoms with Gasteiger partial charge in [-0.05, 0) is 35.0 Å². The molecule has 0 fully saturated rings. The Kier molecular flexibility index (Phi) is 4.35. The highest BCUT2D eigenvalue weighted by Crippen LogP contribution is 2.25. The lowest BCUT2D eigenvalue weighted by molar-refractivity contribution is 0.590. The Bertz CT molecular complexity index is 335. The third-order valence-electron chi connectivity index (χ3n) is 2.99. The molecular weight excluding hydrogens is 192 g/mol. The summed E-state index contributed by atoms with van der Waals surface area (Å²) in [4.78, 5) is 0. The molecule has 0 N–H and O–H groups in total. The van der Waals surface area contributed by atoms with Crippen LogP contribution in [0.3, 0.4) is 0 Å². The largest absolute Gasteiger partial charge is 0.0952 e. The van der Waals surface area contributed by atoms with E-state index < -0.39 is 0 Å². The Morgan fingerprint density at radius 2 is 1.69 bits per heavy atom. The molecule has 0 nitrogen and oxygen atoms in total. The third kappa shape index (κ3) is 3.52. The van der Waals surface area contributed by atoms with Crippen LogP contribution in [0.25, 0.3) is 5.57 Å². The first-order valence-electron chi connectivity index (χ1n) is 6.24. The van der Waals surface area contributed by atoms with Crippen molar-refractivity contribution in [3.63, 3.8) is 0 Å². The molecule has 0 aliphatic carbocycles. The second-order valence-corrected chi connectivity index (χ2v) is 5.53. The van der Waals surface area contributed by atoms with Crippen molar-refractivity contribution in [2.24, 2.45) is 0 Å². The summed E-state index contributed by atoms with van der Waals surface area (Å²) in [5.41, 5.74) is 4.19. The molecule has 0 saturated carbocycles. The summed E-state index contributed by atoms with van der Waals surface area (Å²) in [6.45, 7) is 13.1. The highest BCUT2D eigenvalue weighted by molar-refractivity contribution is 5.63. The van der Waals surface area contributed by atoms with E-state index in [4.69, 9.17) is 0 Å². The van der Waals surface area contributed by atoms with Crippen LogP contribution in [-0.4, -0.2) is 0 Å². The van der Waals surface area contributed by atoms with Crippen molar-refractivity contribution in [3.05, 3.63) is 42.0 Å². The maximum absolute atomic E-state index is 4.15. The normalized spacial score (nSPS) is 11.5. The summed E-state index contributed by atoms with van der Waals surface area (Å²) in [5.74, 6) is 0. The van der Waals surface area contributed by atoms with Gasteiger partial charge in [0.25, 0.3) is 0 Å². The van der Waals surface area contributed by atoms with Crippen LogP contribution in [0.15, 0.2) is 30.8 Å². The Balaban J connectivity index is 2.75. The summed E-state index contributed by atoms with van der Waals surface area (Å²) in [6, 6.07) is 8.87. The molecule has 0 unspecified atom stereocenters. The van der Waals surface area contributed by atoms with Crippen LogP contribution >= 0.6 is 0 Å². The van der Waals surface area contributed by atoms with E-state index in [2.05, 4.69) is 58.5 Å². The van der Waals surface area contributed by atoms with E-state index in [0.29, 0.717) is 0 Å². The van der Waals surface area contributed by atoms with Crippen molar-refractivity contribution in [2.45, 2.75) is 52.4 Å². The molecule has 0 bridgehead atoms. The minimum atomic E-state index is 0.239. The molecule has 0 amide bonds. The van der Waals surface area contributed by atoms with E-state index >= 15 is 0 Å². The number of allylic oxidation sites excluding steroid dienone is 1. The quantitative estimate of drug-likeness (QED) is 0.650. The minimum absolute atomic E-state index is 0.239. The van der Waals surface area contributed by atoms with Crippen molar-refractivity contribution in [1.29, 1.82) is 0 Å². The van der Waals surface area contributed by atoms with E-state index in [1.807, 2.05) is 0 Å². The third-order valence-corrected chi connectivity index (χ3v) is 2.99. The minimum Gasteiger partial charge on any atom is -0.0952 e. The second-order valence-electron chi connectivity index (χ2n) is 5.53. The summed E-state index contributed by atoms with van der Waals surface area (Å²) >= 11 is 0. The molecule has 1 rings (SSSR count). The highest BCUT2D eigenvalue weighted by Gasteiger charge is 2.12.